The van der Waals surface area contributed by atoms with Gasteiger partial charge in [0.25, 0.3) is 6.47 Å². The van der Waals surface area contributed by atoms with E-state index in [1.54, 1.807) is 19.2 Å². The van der Waals surface area contributed by atoms with E-state index in [9.17, 15) is 19.2 Å². The molecule has 0 aliphatic carbocycles. The van der Waals surface area contributed by atoms with Crippen molar-refractivity contribution in [2.24, 2.45) is 0 Å². The van der Waals surface area contributed by atoms with Crippen molar-refractivity contribution in [3.8, 4) is 0 Å². The normalized spacial score (nSPS) is 10.1. The Morgan fingerprint density at radius 2 is 1.82 bits per heavy atom. The van der Waals surface area contributed by atoms with Crippen molar-refractivity contribution in [3.63, 3.8) is 0 Å². The number of carboxylic acids is 1. The second kappa shape index (κ2) is 27.1. The molecule has 1 rings (SSSR count). The average molecular weight is 597 g/mol. The van der Waals surface area contributed by atoms with Gasteiger partial charge in [-0.1, -0.05) is 26.8 Å². The second-order valence-electron chi connectivity index (χ2n) is 7.13. The van der Waals surface area contributed by atoms with Gasteiger partial charge in [0, 0.05) is 38.6 Å². The summed E-state index contributed by atoms with van der Waals surface area (Å²) in [5.41, 5.74) is 0.419. The lowest BCUT2D eigenvalue weighted by atomic mass is 10.2. The summed E-state index contributed by atoms with van der Waals surface area (Å²) in [4.78, 5) is 78.4. The molecule has 1 unspecified atom stereocenters. The molecule has 1 atom stereocenters. The van der Waals surface area contributed by atoms with E-state index in [1.165, 1.54) is 25.1 Å². The lowest BCUT2D eigenvalue weighted by molar-refractivity contribution is -0.137. The number of nitrogens with one attached hydrogen (secondary N) is 1. The molecule has 230 valence electrons. The van der Waals surface area contributed by atoms with Crippen LogP contribution in [0.4, 0.5) is 10.6 Å². The van der Waals surface area contributed by atoms with Crippen LogP contribution in [0.15, 0.2) is 18.3 Å². The Morgan fingerprint density at radius 3 is 2.27 bits per heavy atom. The predicted octanol–water partition coefficient (Wildman–Crippen LogP) is 1.55. The van der Waals surface area contributed by atoms with Crippen LogP contribution in [0.1, 0.15) is 46.1 Å². The molecule has 0 radical (unpaired) electrons. The largest absolute Gasteiger partial charge is 0.483 e. The molecule has 16 nitrogen and oxygen atoms in total. The number of aromatic nitrogens is 1. The molecular weight excluding hydrogens is 555 g/mol. The molecule has 0 aliphatic heterocycles. The molecule has 0 saturated carbocycles. The number of pyridine rings is 1. The zero-order valence-electron chi connectivity index (χ0n) is 23.6. The summed E-state index contributed by atoms with van der Waals surface area (Å²) in [5, 5.41) is 18.1. The number of hydrogen-bond donors (Lipinski definition) is 5. The first-order chi connectivity index (χ1) is 19.0. The molecule has 1 aromatic rings. The summed E-state index contributed by atoms with van der Waals surface area (Å²) in [6.45, 7) is 6.76. The molecule has 40 heavy (non-hydrogen) atoms. The van der Waals surface area contributed by atoms with E-state index in [2.05, 4.69) is 21.7 Å². The topological polar surface area (TPSA) is 225 Å². The van der Waals surface area contributed by atoms with Crippen molar-refractivity contribution < 1.29 is 58.0 Å². The van der Waals surface area contributed by atoms with Gasteiger partial charge in [0.2, 0.25) is 19.1 Å². The maximum Gasteiger partial charge on any atom is 0.412 e. The highest BCUT2D eigenvalue weighted by Crippen LogP contribution is 2.24. The first-order valence-corrected chi connectivity index (χ1v) is 13.1. The number of methoxy groups -OCH3 is 1. The van der Waals surface area contributed by atoms with Gasteiger partial charge in [-0.3, -0.25) is 28.6 Å². The van der Waals surface area contributed by atoms with Crippen LogP contribution in [0.2, 0.25) is 0 Å². The van der Waals surface area contributed by atoms with Gasteiger partial charge < -0.3 is 39.7 Å². The van der Waals surface area contributed by atoms with E-state index in [4.69, 9.17) is 34.3 Å². The van der Waals surface area contributed by atoms with Crippen molar-refractivity contribution in [1.82, 2.24) is 15.2 Å². The zero-order valence-corrected chi connectivity index (χ0v) is 24.4. The minimum absolute atomic E-state index is 0.187. The fourth-order valence-electron chi connectivity index (χ4n) is 2.54. The summed E-state index contributed by atoms with van der Waals surface area (Å²) >= 11 is 0. The number of hydrogen-bond acceptors (Lipinski definition) is 11. The number of anilines is 1. The van der Waals surface area contributed by atoms with Crippen LogP contribution >= 0.6 is 8.60 Å². The third-order valence-electron chi connectivity index (χ3n) is 3.96. The first-order valence-electron chi connectivity index (χ1n) is 11.9. The van der Waals surface area contributed by atoms with E-state index in [0.717, 1.165) is 17.9 Å². The number of ether oxygens (including phenoxy) is 2. The van der Waals surface area contributed by atoms with Gasteiger partial charge in [0.05, 0.1) is 13.0 Å². The number of nitrogens with zero attached hydrogens (tertiary/aromatic N) is 3. The number of rotatable bonds is 14. The van der Waals surface area contributed by atoms with E-state index < -0.39 is 46.0 Å². The quantitative estimate of drug-likeness (QED) is 0.117. The van der Waals surface area contributed by atoms with Crippen molar-refractivity contribution in [2.45, 2.75) is 53.1 Å². The van der Waals surface area contributed by atoms with Gasteiger partial charge in [-0.15, -0.1) is 0 Å². The summed E-state index contributed by atoms with van der Waals surface area (Å²) in [6, 6.07) is 2.48. The molecule has 1 aromatic heterocycles. The SMILES string of the molecule is CC.CC(CC(=O)O)NC(=O)CN(Cc1cccnc1N(C)C=O)C(=O)OCOP(O)O.CCCOC.O=CO. The highest BCUT2D eigenvalue weighted by Gasteiger charge is 2.23. The number of amides is 3. The Hall–Kier alpha value is -3.43. The summed E-state index contributed by atoms with van der Waals surface area (Å²) < 4.78 is 13.8. The predicted molar refractivity (Wildman–Crippen MR) is 145 cm³/mol. The minimum atomic E-state index is -2.74. The summed E-state index contributed by atoms with van der Waals surface area (Å²) in [6.07, 6.45) is 1.76. The number of aliphatic carboxylic acids is 1. The summed E-state index contributed by atoms with van der Waals surface area (Å²) in [5.74, 6) is -1.50. The van der Waals surface area contributed by atoms with Crippen LogP contribution < -0.4 is 10.2 Å². The molecule has 0 spiro atoms. The minimum Gasteiger partial charge on any atom is -0.483 e. The third kappa shape index (κ3) is 22.5. The van der Waals surface area contributed by atoms with Crippen molar-refractivity contribution >= 4 is 45.3 Å². The molecule has 5 N–H and O–H groups in total. The van der Waals surface area contributed by atoms with E-state index in [-0.39, 0.29) is 25.3 Å². The maximum absolute atomic E-state index is 12.4. The fraction of sp³-hybridized carbons (Fsp3) is 0.565. The molecule has 0 aromatic carbocycles. The van der Waals surface area contributed by atoms with Gasteiger partial charge in [0.15, 0.2) is 0 Å². The Kier molecular flexibility index (Phi) is 27.9. The van der Waals surface area contributed by atoms with Crippen LogP contribution in [-0.2, 0) is 39.7 Å². The Labute approximate surface area is 234 Å². The standard InChI is InChI=1S/C16H23N4O9P.C4H10O.C2H6.CH2O2/c1-11(6-14(23)24)18-13(22)8-20(16(25)28-10-29-30(26)27)7-12-4-3-5-17-15(12)19(2)9-21;1-3-4-5-2;1-2;2-1-3/h3-5,9,11,26-27H,6-8,10H2,1-2H3,(H,18,22)(H,23,24);3-4H2,1-2H3;1-2H3;1H,(H,2,3). The van der Waals surface area contributed by atoms with Crippen LogP contribution in [-0.4, -0.2) is 101 Å². The Balaban J connectivity index is -0.00000118. The molecular formula is C23H41N4O12P. The third-order valence-corrected chi connectivity index (χ3v) is 4.30. The highest BCUT2D eigenvalue weighted by molar-refractivity contribution is 7.39. The Bertz CT molecular complexity index is 846. The van der Waals surface area contributed by atoms with Crippen molar-refractivity contribution in [3.05, 3.63) is 23.9 Å². The van der Waals surface area contributed by atoms with Crippen LogP contribution in [0.5, 0.6) is 0 Å². The smallest absolute Gasteiger partial charge is 0.412 e. The maximum atomic E-state index is 12.4. The fourth-order valence-corrected chi connectivity index (χ4v) is 2.68. The van der Waals surface area contributed by atoms with E-state index >= 15 is 0 Å². The average Bonchev–Trinajstić information content (AvgIpc) is 2.89. The molecule has 0 bridgehead atoms. The summed E-state index contributed by atoms with van der Waals surface area (Å²) in [7, 11) is 0.433. The molecule has 1 heterocycles. The van der Waals surface area contributed by atoms with Crippen molar-refractivity contribution in [2.75, 3.05) is 39.0 Å². The van der Waals surface area contributed by atoms with Crippen LogP contribution in [0, 0.1) is 0 Å². The number of carbonyl (C=O) groups excluding carboxylic acids is 3. The Morgan fingerprint density at radius 1 is 1.23 bits per heavy atom. The lowest BCUT2D eigenvalue weighted by Gasteiger charge is -2.24. The van der Waals surface area contributed by atoms with Gasteiger partial charge in [-0.05, 0) is 19.4 Å². The van der Waals surface area contributed by atoms with Gasteiger partial charge in [-0.25, -0.2) is 9.78 Å². The monoisotopic (exact) mass is 596 g/mol. The molecule has 0 saturated heterocycles. The van der Waals surface area contributed by atoms with Crippen LogP contribution in [0.3, 0.4) is 0 Å². The van der Waals surface area contributed by atoms with E-state index in [1.807, 2.05) is 13.8 Å². The molecule has 17 heteroatoms. The second-order valence-corrected chi connectivity index (χ2v) is 7.90. The van der Waals surface area contributed by atoms with Crippen molar-refractivity contribution in [1.29, 1.82) is 0 Å². The van der Waals surface area contributed by atoms with E-state index in [0.29, 0.717) is 12.0 Å². The highest BCUT2D eigenvalue weighted by atomic mass is 31.2. The van der Waals surface area contributed by atoms with Gasteiger partial charge in [-0.2, -0.15) is 0 Å². The zero-order chi connectivity index (χ0) is 31.5. The number of carboxylic acid groups (broad SMARTS) is 2. The lowest BCUT2D eigenvalue weighted by Crippen LogP contribution is -2.44. The van der Waals surface area contributed by atoms with Crippen LogP contribution in [0.25, 0.3) is 0 Å². The van der Waals surface area contributed by atoms with Gasteiger partial charge in [0.1, 0.15) is 12.4 Å². The molecule has 0 fully saturated rings. The molecule has 3 amide bonds. The first kappa shape index (κ1) is 41.1. The molecule has 0 aliphatic rings. The number of carbonyl (C=O) groups is 5. The van der Waals surface area contributed by atoms with Gasteiger partial charge >= 0.3 is 20.7 Å².